The van der Waals surface area contributed by atoms with Crippen molar-refractivity contribution < 1.29 is 14.7 Å². The van der Waals surface area contributed by atoms with Gasteiger partial charge < -0.3 is 5.11 Å². The van der Waals surface area contributed by atoms with E-state index in [1.165, 1.54) is 25.3 Å². The van der Waals surface area contributed by atoms with Crippen LogP contribution in [-0.4, -0.2) is 51.4 Å². The van der Waals surface area contributed by atoms with Crippen molar-refractivity contribution in [1.82, 2.24) is 4.98 Å². The van der Waals surface area contributed by atoms with Crippen molar-refractivity contribution in [1.29, 1.82) is 0 Å². The summed E-state index contributed by atoms with van der Waals surface area (Å²) in [6, 6.07) is 9.89. The van der Waals surface area contributed by atoms with Crippen LogP contribution in [0.3, 0.4) is 0 Å². The number of rotatable bonds is 3. The van der Waals surface area contributed by atoms with E-state index in [4.69, 9.17) is 5.11 Å². The van der Waals surface area contributed by atoms with E-state index >= 15 is 0 Å². The van der Waals surface area contributed by atoms with E-state index in [-0.39, 0.29) is 40.9 Å². The van der Waals surface area contributed by atoms with Gasteiger partial charge in [0, 0.05) is 17.3 Å². The van der Waals surface area contributed by atoms with Crippen molar-refractivity contribution in [3.05, 3.63) is 53.7 Å². The number of Topliss-reactive ketones (excluding diaryl/α,β-unsaturated/α-hetero) is 1. The Hall–Kier alpha value is -1.49. The van der Waals surface area contributed by atoms with Gasteiger partial charge in [0.25, 0.3) is 0 Å². The first-order valence-corrected chi connectivity index (χ1v) is 5.38. The molecule has 0 aliphatic carbocycles. The Morgan fingerprint density at radius 1 is 1.00 bits per heavy atom. The normalized spacial score (nSPS) is 9.53. The molecule has 0 saturated carbocycles. The molecule has 19 heavy (non-hydrogen) atoms. The van der Waals surface area contributed by atoms with Crippen LogP contribution in [0.2, 0.25) is 0 Å². The number of pyridine rings is 1. The van der Waals surface area contributed by atoms with Crippen molar-refractivity contribution in [2.75, 3.05) is 0 Å². The SMILES string of the molecule is CC(=O)c1ccc(-c2ccc(C(=O)O)cc2)nc1.[NaH]. The van der Waals surface area contributed by atoms with E-state index in [2.05, 4.69) is 4.98 Å². The molecule has 1 aromatic heterocycles. The Kier molecular flexibility index (Phi) is 5.42. The molecule has 0 radical (unpaired) electrons. The first-order valence-electron chi connectivity index (χ1n) is 5.38. The standard InChI is InChI=1S/C14H11NO3.Na.H/c1-9(16)12-6-7-13(15-8-12)10-2-4-11(5-3-10)14(17)18;;/h2-8H,1H3,(H,17,18);;. The summed E-state index contributed by atoms with van der Waals surface area (Å²) < 4.78 is 0. The zero-order valence-corrected chi connectivity index (χ0v) is 9.75. The van der Waals surface area contributed by atoms with Gasteiger partial charge in [0.05, 0.1) is 11.3 Å². The van der Waals surface area contributed by atoms with Gasteiger partial charge in [0.15, 0.2) is 5.78 Å². The molecule has 0 atom stereocenters. The number of nitrogens with zero attached hydrogens (tertiary/aromatic N) is 1. The molecule has 1 aromatic carbocycles. The minimum atomic E-state index is -0.957. The van der Waals surface area contributed by atoms with Crippen molar-refractivity contribution in [3.63, 3.8) is 0 Å². The third-order valence-electron chi connectivity index (χ3n) is 2.60. The van der Waals surface area contributed by atoms with Gasteiger partial charge >= 0.3 is 35.5 Å². The summed E-state index contributed by atoms with van der Waals surface area (Å²) in [5.41, 5.74) is 2.31. The summed E-state index contributed by atoms with van der Waals surface area (Å²) >= 11 is 0. The molecule has 0 spiro atoms. The number of aromatic nitrogens is 1. The average molecular weight is 265 g/mol. The zero-order chi connectivity index (χ0) is 13.1. The predicted molar refractivity (Wildman–Crippen MR) is 73.8 cm³/mol. The maximum atomic E-state index is 11.1. The van der Waals surface area contributed by atoms with E-state index in [0.29, 0.717) is 11.3 Å². The molecule has 92 valence electrons. The molecule has 4 nitrogen and oxygen atoms in total. The van der Waals surface area contributed by atoms with E-state index in [1.807, 2.05) is 0 Å². The maximum absolute atomic E-state index is 11.1. The van der Waals surface area contributed by atoms with E-state index in [1.54, 1.807) is 24.3 Å². The molecule has 2 rings (SSSR count). The molecule has 0 fully saturated rings. The van der Waals surface area contributed by atoms with Crippen LogP contribution in [0.5, 0.6) is 0 Å². The number of carbonyl (C=O) groups is 2. The average Bonchev–Trinajstić information content (AvgIpc) is 2.39. The van der Waals surface area contributed by atoms with Gasteiger partial charge in [-0.25, -0.2) is 4.79 Å². The molecule has 0 bridgehead atoms. The minimum absolute atomic E-state index is 0. The fourth-order valence-corrected chi connectivity index (χ4v) is 1.56. The third-order valence-corrected chi connectivity index (χ3v) is 2.60. The van der Waals surface area contributed by atoms with Crippen LogP contribution in [0.25, 0.3) is 11.3 Å². The van der Waals surface area contributed by atoms with Gasteiger partial charge in [-0.2, -0.15) is 0 Å². The molecule has 1 heterocycles. The Bertz CT molecular complexity index is 536. The number of carboxylic acids is 1. The number of benzene rings is 1. The monoisotopic (exact) mass is 265 g/mol. The van der Waals surface area contributed by atoms with Crippen molar-refractivity contribution in [3.8, 4) is 11.3 Å². The fourth-order valence-electron chi connectivity index (χ4n) is 1.56. The van der Waals surface area contributed by atoms with Crippen LogP contribution < -0.4 is 0 Å². The van der Waals surface area contributed by atoms with Crippen LogP contribution in [0.1, 0.15) is 27.6 Å². The zero-order valence-electron chi connectivity index (χ0n) is 9.75. The molecule has 0 amide bonds. The molecule has 0 unspecified atom stereocenters. The van der Waals surface area contributed by atoms with Gasteiger partial charge in [-0.3, -0.25) is 9.78 Å². The Labute approximate surface area is 132 Å². The molecule has 0 aliphatic heterocycles. The molecular formula is C14H12NNaO3. The number of carbonyl (C=O) groups excluding carboxylic acids is 1. The summed E-state index contributed by atoms with van der Waals surface area (Å²) in [4.78, 5) is 26.0. The number of aromatic carboxylic acids is 1. The topological polar surface area (TPSA) is 67.3 Å². The van der Waals surface area contributed by atoms with Crippen LogP contribution in [-0.2, 0) is 0 Å². The number of carboxylic acid groups (broad SMARTS) is 1. The first kappa shape index (κ1) is 15.6. The second-order valence-electron chi connectivity index (χ2n) is 3.87. The Morgan fingerprint density at radius 2 is 1.58 bits per heavy atom. The van der Waals surface area contributed by atoms with Crippen molar-refractivity contribution in [2.45, 2.75) is 6.92 Å². The summed E-state index contributed by atoms with van der Waals surface area (Å²) in [6.07, 6.45) is 1.52. The predicted octanol–water partition coefficient (Wildman–Crippen LogP) is 2.00. The summed E-state index contributed by atoms with van der Waals surface area (Å²) in [5.74, 6) is -0.989. The second-order valence-corrected chi connectivity index (χ2v) is 3.87. The third kappa shape index (κ3) is 3.73. The van der Waals surface area contributed by atoms with Gasteiger partial charge in [0.1, 0.15) is 0 Å². The van der Waals surface area contributed by atoms with Gasteiger partial charge in [-0.05, 0) is 31.2 Å². The second kappa shape index (κ2) is 6.61. The van der Waals surface area contributed by atoms with E-state index in [0.717, 1.165) is 5.56 Å². The Morgan fingerprint density at radius 3 is 2.00 bits per heavy atom. The summed E-state index contributed by atoms with van der Waals surface area (Å²) in [5, 5.41) is 8.79. The number of hydrogen-bond donors (Lipinski definition) is 1. The summed E-state index contributed by atoms with van der Waals surface area (Å²) in [6.45, 7) is 1.48. The van der Waals surface area contributed by atoms with Crippen molar-refractivity contribution in [2.24, 2.45) is 0 Å². The van der Waals surface area contributed by atoms with Crippen LogP contribution >= 0.6 is 0 Å². The van der Waals surface area contributed by atoms with E-state index < -0.39 is 5.97 Å². The van der Waals surface area contributed by atoms with Crippen LogP contribution in [0.4, 0.5) is 0 Å². The fraction of sp³-hybridized carbons (Fsp3) is 0.0714. The molecule has 1 N–H and O–H groups in total. The number of hydrogen-bond acceptors (Lipinski definition) is 3. The Balaban J connectivity index is 0.00000180. The van der Waals surface area contributed by atoms with Gasteiger partial charge in [-0.1, -0.05) is 12.1 Å². The van der Waals surface area contributed by atoms with Gasteiger partial charge in [0.2, 0.25) is 0 Å². The van der Waals surface area contributed by atoms with Gasteiger partial charge in [-0.15, -0.1) is 0 Å². The van der Waals surface area contributed by atoms with Crippen LogP contribution in [0, 0.1) is 0 Å². The number of ketones is 1. The molecule has 0 saturated heterocycles. The van der Waals surface area contributed by atoms with E-state index in [9.17, 15) is 9.59 Å². The first-order chi connectivity index (χ1) is 8.58. The summed E-state index contributed by atoms with van der Waals surface area (Å²) in [7, 11) is 0. The molecular weight excluding hydrogens is 253 g/mol. The molecule has 5 heteroatoms. The molecule has 2 aromatic rings. The van der Waals surface area contributed by atoms with Crippen LogP contribution in [0.15, 0.2) is 42.6 Å². The quantitative estimate of drug-likeness (QED) is 0.681. The molecule has 0 aliphatic rings. The van der Waals surface area contributed by atoms with Crippen molar-refractivity contribution >= 4 is 41.3 Å².